The van der Waals surface area contributed by atoms with Crippen LogP contribution < -0.4 is 4.74 Å². The number of aliphatic hydroxyl groups is 1. The molecule has 0 bridgehead atoms. The first kappa shape index (κ1) is 22.3. The van der Waals surface area contributed by atoms with E-state index < -0.39 is 25.1 Å². The Balaban J connectivity index is 2.29. The minimum Gasteiger partial charge on any atom is -0.496 e. The summed E-state index contributed by atoms with van der Waals surface area (Å²) in [6.45, 7) is 10.7. The van der Waals surface area contributed by atoms with Crippen molar-refractivity contribution < 1.29 is 19.0 Å². The van der Waals surface area contributed by atoms with Gasteiger partial charge in [0.2, 0.25) is 0 Å². The predicted octanol–water partition coefficient (Wildman–Crippen LogP) is 4.68. The van der Waals surface area contributed by atoms with Gasteiger partial charge in [0.05, 0.1) is 7.11 Å². The lowest BCUT2D eigenvalue weighted by molar-refractivity contribution is -0.269. The molecule has 2 aliphatic carbocycles. The molecule has 0 radical (unpaired) electrons. The van der Waals surface area contributed by atoms with Gasteiger partial charge >= 0.3 is 0 Å². The summed E-state index contributed by atoms with van der Waals surface area (Å²) in [5.74, 6) is 0.741. The molecule has 0 saturated heterocycles. The molecule has 5 nitrogen and oxygen atoms in total. The first-order valence-electron chi connectivity index (χ1n) is 10.5. The number of benzene rings is 1. The van der Waals surface area contributed by atoms with E-state index in [-0.39, 0.29) is 5.04 Å². The van der Waals surface area contributed by atoms with Gasteiger partial charge < -0.3 is 19.0 Å². The van der Waals surface area contributed by atoms with Crippen LogP contribution in [-0.4, -0.2) is 38.8 Å². The fourth-order valence-corrected chi connectivity index (χ4v) is 6.50. The van der Waals surface area contributed by atoms with E-state index in [1.807, 2.05) is 18.2 Å². The Morgan fingerprint density at radius 2 is 1.83 bits per heavy atom. The third-order valence-electron chi connectivity index (χ3n) is 7.68. The predicted molar refractivity (Wildman–Crippen MR) is 115 cm³/mol. The molecule has 0 aliphatic heterocycles. The van der Waals surface area contributed by atoms with Crippen LogP contribution in [0.1, 0.15) is 57.6 Å². The van der Waals surface area contributed by atoms with Crippen LogP contribution in [0.3, 0.4) is 0 Å². The molecule has 0 aromatic heterocycles. The number of hydrogen-bond donors (Lipinski definition) is 1. The fourth-order valence-electron chi connectivity index (χ4n) is 5.03. The second kappa shape index (κ2) is 7.09. The van der Waals surface area contributed by atoms with Crippen molar-refractivity contribution in [1.29, 1.82) is 5.26 Å². The lowest BCUT2D eigenvalue weighted by Crippen LogP contribution is -2.72. The molecule has 2 aliphatic rings. The van der Waals surface area contributed by atoms with Crippen LogP contribution in [0.4, 0.5) is 0 Å². The van der Waals surface area contributed by atoms with Crippen molar-refractivity contribution in [3.8, 4) is 11.8 Å². The standard InChI is InChI=1S/C23H35NO4Si/c1-20(2,3)29(6,7)28-22(16-24)14-9-13-21(27-5)15-12-17-18(23(21,22)25)10-8-11-19(17)26-4/h8,10-11,25H,9,12-15H2,1-7H3/t21-,22-,23+/m0/s1. The summed E-state index contributed by atoms with van der Waals surface area (Å²) in [7, 11) is 0.923. The van der Waals surface area contributed by atoms with E-state index in [9.17, 15) is 10.4 Å². The summed E-state index contributed by atoms with van der Waals surface area (Å²) in [6.07, 6.45) is 3.31. The third-order valence-corrected chi connectivity index (χ3v) is 12.2. The summed E-state index contributed by atoms with van der Waals surface area (Å²) in [4.78, 5) is 0. The molecule has 1 aromatic carbocycles. The molecule has 0 amide bonds. The van der Waals surface area contributed by atoms with Crippen molar-refractivity contribution in [2.45, 2.75) is 87.8 Å². The first-order valence-corrected chi connectivity index (χ1v) is 13.4. The highest BCUT2D eigenvalue weighted by Crippen LogP contribution is 2.60. The van der Waals surface area contributed by atoms with Gasteiger partial charge in [0, 0.05) is 12.7 Å². The second-order valence-corrected chi connectivity index (χ2v) is 14.8. The number of ether oxygens (including phenoxy) is 2. The molecule has 6 heteroatoms. The van der Waals surface area contributed by atoms with Gasteiger partial charge in [0.1, 0.15) is 17.4 Å². The smallest absolute Gasteiger partial charge is 0.194 e. The Morgan fingerprint density at radius 3 is 2.38 bits per heavy atom. The number of methoxy groups -OCH3 is 2. The number of nitriles is 1. The van der Waals surface area contributed by atoms with Crippen molar-refractivity contribution in [2.75, 3.05) is 14.2 Å². The quantitative estimate of drug-likeness (QED) is 0.720. The molecule has 0 heterocycles. The minimum atomic E-state index is -2.37. The van der Waals surface area contributed by atoms with Crippen LogP contribution >= 0.6 is 0 Å². The zero-order chi connectivity index (χ0) is 21.7. The third kappa shape index (κ3) is 2.97. The maximum absolute atomic E-state index is 12.5. The fraction of sp³-hybridized carbons (Fsp3) is 0.696. The highest BCUT2D eigenvalue weighted by atomic mass is 28.4. The van der Waals surface area contributed by atoms with E-state index in [0.717, 1.165) is 24.2 Å². The maximum atomic E-state index is 12.5. The highest BCUT2D eigenvalue weighted by Gasteiger charge is 2.70. The van der Waals surface area contributed by atoms with Crippen LogP contribution in [-0.2, 0) is 21.2 Å². The average molecular weight is 418 g/mol. The van der Waals surface area contributed by atoms with Gasteiger partial charge in [0.15, 0.2) is 19.5 Å². The van der Waals surface area contributed by atoms with E-state index >= 15 is 0 Å². The van der Waals surface area contributed by atoms with Crippen molar-refractivity contribution in [2.24, 2.45) is 0 Å². The van der Waals surface area contributed by atoms with Gasteiger partial charge in [-0.05, 0) is 61.9 Å². The summed E-state index contributed by atoms with van der Waals surface area (Å²) in [5.41, 5.74) is -2.14. The van der Waals surface area contributed by atoms with E-state index in [1.165, 1.54) is 0 Å². The zero-order valence-electron chi connectivity index (χ0n) is 18.9. The normalized spacial score (nSPS) is 32.1. The molecular formula is C23H35NO4Si. The van der Waals surface area contributed by atoms with Gasteiger partial charge in [-0.2, -0.15) is 5.26 Å². The topological polar surface area (TPSA) is 71.7 Å². The molecule has 0 unspecified atom stereocenters. The summed E-state index contributed by atoms with van der Waals surface area (Å²) in [5, 5.41) is 23.0. The number of hydrogen-bond acceptors (Lipinski definition) is 5. The van der Waals surface area contributed by atoms with Crippen LogP contribution in [0.5, 0.6) is 5.75 Å². The van der Waals surface area contributed by atoms with E-state index in [0.29, 0.717) is 24.8 Å². The monoisotopic (exact) mass is 417 g/mol. The summed E-state index contributed by atoms with van der Waals surface area (Å²) in [6, 6.07) is 8.17. The lowest BCUT2D eigenvalue weighted by Gasteiger charge is -2.61. The molecule has 1 saturated carbocycles. The van der Waals surface area contributed by atoms with Crippen molar-refractivity contribution >= 4 is 8.32 Å². The Hall–Kier alpha value is -1.39. The summed E-state index contributed by atoms with van der Waals surface area (Å²) >= 11 is 0. The van der Waals surface area contributed by atoms with Crippen LogP contribution in [0, 0.1) is 11.3 Å². The van der Waals surface area contributed by atoms with Gasteiger partial charge in [0.25, 0.3) is 0 Å². The first-order chi connectivity index (χ1) is 13.4. The molecular weight excluding hydrogens is 382 g/mol. The van der Waals surface area contributed by atoms with E-state index in [2.05, 4.69) is 39.9 Å². The summed E-state index contributed by atoms with van der Waals surface area (Å²) < 4.78 is 18.5. The molecule has 0 spiro atoms. The van der Waals surface area contributed by atoms with Crippen LogP contribution in [0.25, 0.3) is 0 Å². The molecule has 1 fully saturated rings. The number of fused-ring (bicyclic) bond motifs is 3. The van der Waals surface area contributed by atoms with Crippen LogP contribution in [0.15, 0.2) is 18.2 Å². The Bertz CT molecular complexity index is 827. The molecule has 29 heavy (non-hydrogen) atoms. The maximum Gasteiger partial charge on any atom is 0.194 e. The van der Waals surface area contributed by atoms with Crippen molar-refractivity contribution in [3.63, 3.8) is 0 Å². The number of nitrogens with zero attached hydrogens (tertiary/aromatic N) is 1. The van der Waals surface area contributed by atoms with Crippen molar-refractivity contribution in [1.82, 2.24) is 0 Å². The van der Waals surface area contributed by atoms with Crippen molar-refractivity contribution in [3.05, 3.63) is 29.3 Å². The van der Waals surface area contributed by atoms with E-state index in [1.54, 1.807) is 14.2 Å². The average Bonchev–Trinajstić information content (AvgIpc) is 2.67. The lowest BCUT2D eigenvalue weighted by atomic mass is 9.55. The van der Waals surface area contributed by atoms with Gasteiger partial charge in [-0.1, -0.05) is 32.9 Å². The van der Waals surface area contributed by atoms with Gasteiger partial charge in [-0.15, -0.1) is 0 Å². The highest BCUT2D eigenvalue weighted by molar-refractivity contribution is 6.74. The Labute approximate surface area is 176 Å². The zero-order valence-corrected chi connectivity index (χ0v) is 19.9. The molecule has 1 aromatic rings. The molecule has 3 rings (SSSR count). The van der Waals surface area contributed by atoms with Gasteiger partial charge in [-0.25, -0.2) is 0 Å². The Morgan fingerprint density at radius 1 is 1.14 bits per heavy atom. The Kier molecular flexibility index (Phi) is 5.45. The molecule has 1 N–H and O–H groups in total. The molecule has 160 valence electrons. The van der Waals surface area contributed by atoms with Crippen LogP contribution in [0.2, 0.25) is 18.1 Å². The SMILES string of the molecule is COc1cccc2c1CC[C@@]1(OC)CCC[C@@](C#N)(O[Si](C)(C)C(C)(C)C)[C@@]21O. The largest absolute Gasteiger partial charge is 0.496 e. The molecule has 3 atom stereocenters. The second-order valence-electron chi connectivity index (χ2n) is 10.0. The minimum absolute atomic E-state index is 0.0910. The van der Waals surface area contributed by atoms with Gasteiger partial charge in [-0.3, -0.25) is 0 Å². The number of rotatable bonds is 4. The van der Waals surface area contributed by atoms with E-state index in [4.69, 9.17) is 13.9 Å².